The van der Waals surface area contributed by atoms with Crippen LogP contribution in [0.3, 0.4) is 0 Å². The number of benzene rings is 2. The van der Waals surface area contributed by atoms with E-state index in [4.69, 9.17) is 9.97 Å². The van der Waals surface area contributed by atoms with E-state index in [1.54, 1.807) is 0 Å². The molecule has 4 nitrogen and oxygen atoms in total. The van der Waals surface area contributed by atoms with E-state index < -0.39 is 0 Å². The zero-order valence-electron chi connectivity index (χ0n) is 16.2. The van der Waals surface area contributed by atoms with Crippen molar-refractivity contribution in [1.29, 1.82) is 0 Å². The third-order valence-corrected chi connectivity index (χ3v) is 5.86. The van der Waals surface area contributed by atoms with Gasteiger partial charge in [0.2, 0.25) is 5.95 Å². The van der Waals surface area contributed by atoms with Crippen molar-refractivity contribution in [3.05, 3.63) is 71.8 Å². The molecule has 0 radical (unpaired) electrons. The van der Waals surface area contributed by atoms with Crippen LogP contribution in [-0.4, -0.2) is 29.6 Å². The first-order chi connectivity index (χ1) is 13.9. The first-order valence-electron chi connectivity index (χ1n) is 10.4. The predicted molar refractivity (Wildman–Crippen MR) is 115 cm³/mol. The maximum atomic E-state index is 5.02. The molecule has 0 N–H and O–H groups in total. The summed E-state index contributed by atoms with van der Waals surface area (Å²) in [5.74, 6) is 1.93. The highest BCUT2D eigenvalue weighted by molar-refractivity contribution is 5.65. The average molecular weight is 371 g/mol. The smallest absolute Gasteiger partial charge is 0.227 e. The molecular formula is C24H26N4. The van der Waals surface area contributed by atoms with Gasteiger partial charge < -0.3 is 9.80 Å². The van der Waals surface area contributed by atoms with Crippen molar-refractivity contribution in [3.8, 4) is 11.3 Å². The molecule has 2 aromatic carbocycles. The summed E-state index contributed by atoms with van der Waals surface area (Å²) in [6, 6.07) is 21.4. The van der Waals surface area contributed by atoms with Crippen molar-refractivity contribution in [2.75, 3.05) is 29.4 Å². The number of nitrogens with zero attached hydrogens (tertiary/aromatic N) is 4. The molecule has 3 heterocycles. The Labute approximate surface area is 166 Å². The van der Waals surface area contributed by atoms with Crippen LogP contribution in [0, 0.1) is 0 Å². The molecule has 0 bridgehead atoms. The fourth-order valence-electron chi connectivity index (χ4n) is 4.27. The Morgan fingerprint density at radius 1 is 0.679 bits per heavy atom. The van der Waals surface area contributed by atoms with Crippen LogP contribution in [0.2, 0.25) is 0 Å². The molecular weight excluding hydrogens is 344 g/mol. The largest absolute Gasteiger partial charge is 0.352 e. The fraction of sp³-hybridized carbons (Fsp3) is 0.333. The van der Waals surface area contributed by atoms with E-state index in [0.29, 0.717) is 0 Å². The summed E-state index contributed by atoms with van der Waals surface area (Å²) in [5, 5.41) is 0. The molecule has 1 fully saturated rings. The van der Waals surface area contributed by atoms with Crippen LogP contribution >= 0.6 is 0 Å². The minimum absolute atomic E-state index is 0.884. The third kappa shape index (κ3) is 3.47. The zero-order chi connectivity index (χ0) is 18.8. The Morgan fingerprint density at radius 2 is 1.43 bits per heavy atom. The van der Waals surface area contributed by atoms with Gasteiger partial charge in [-0.2, -0.15) is 4.98 Å². The molecule has 2 aliphatic rings. The minimum Gasteiger partial charge on any atom is -0.352 e. The number of rotatable bonds is 3. The number of hydrogen-bond acceptors (Lipinski definition) is 4. The Kier molecular flexibility index (Phi) is 4.69. The lowest BCUT2D eigenvalue weighted by Gasteiger charge is -2.32. The van der Waals surface area contributed by atoms with Gasteiger partial charge in [-0.1, -0.05) is 54.6 Å². The number of fused-ring (bicyclic) bond motifs is 1. The van der Waals surface area contributed by atoms with Crippen LogP contribution in [-0.2, 0) is 13.0 Å². The monoisotopic (exact) mass is 370 g/mol. The molecule has 5 rings (SSSR count). The molecule has 142 valence electrons. The van der Waals surface area contributed by atoms with Crippen molar-refractivity contribution in [3.63, 3.8) is 0 Å². The van der Waals surface area contributed by atoms with Crippen molar-refractivity contribution < 1.29 is 0 Å². The summed E-state index contributed by atoms with van der Waals surface area (Å²) in [7, 11) is 0. The number of hydrogen-bond donors (Lipinski definition) is 0. The van der Waals surface area contributed by atoms with Gasteiger partial charge in [-0.05, 0) is 36.8 Å². The molecule has 1 aromatic heterocycles. The molecule has 0 aliphatic carbocycles. The topological polar surface area (TPSA) is 32.3 Å². The second-order valence-electron chi connectivity index (χ2n) is 7.77. The molecule has 0 atom stereocenters. The minimum atomic E-state index is 0.884. The highest BCUT2D eigenvalue weighted by atomic mass is 15.3. The number of anilines is 2. The summed E-state index contributed by atoms with van der Waals surface area (Å²) >= 11 is 0. The summed E-state index contributed by atoms with van der Waals surface area (Å²) in [6.07, 6.45) is 4.83. The van der Waals surface area contributed by atoms with E-state index in [1.807, 2.05) is 0 Å². The standard InChI is InChI=1S/C24H26N4/c1-3-10-20(11-4-1)22-17-23(26-24(25-22)27-14-7-2-8-15-27)28-16-13-19-9-5-6-12-21(19)18-28/h1,3-6,9-12,17H,2,7-8,13-16,18H2. The van der Waals surface area contributed by atoms with E-state index in [1.165, 1.54) is 30.4 Å². The lowest BCUT2D eigenvalue weighted by molar-refractivity contribution is 0.567. The van der Waals surface area contributed by atoms with E-state index in [9.17, 15) is 0 Å². The van der Waals surface area contributed by atoms with E-state index >= 15 is 0 Å². The summed E-state index contributed by atoms with van der Waals surface area (Å²) in [6.45, 7) is 4.03. The fourth-order valence-corrected chi connectivity index (χ4v) is 4.27. The number of piperidine rings is 1. The van der Waals surface area contributed by atoms with Crippen molar-refractivity contribution in [2.24, 2.45) is 0 Å². The first kappa shape index (κ1) is 17.2. The van der Waals surface area contributed by atoms with Crippen LogP contribution in [0.1, 0.15) is 30.4 Å². The van der Waals surface area contributed by atoms with Gasteiger partial charge in [-0.15, -0.1) is 0 Å². The van der Waals surface area contributed by atoms with Gasteiger partial charge in [0, 0.05) is 37.8 Å². The Morgan fingerprint density at radius 3 is 2.25 bits per heavy atom. The number of aromatic nitrogens is 2. The molecule has 4 heteroatoms. The van der Waals surface area contributed by atoms with E-state index in [-0.39, 0.29) is 0 Å². The molecule has 28 heavy (non-hydrogen) atoms. The second-order valence-corrected chi connectivity index (χ2v) is 7.77. The van der Waals surface area contributed by atoms with Crippen LogP contribution < -0.4 is 9.80 Å². The molecule has 1 saturated heterocycles. The first-order valence-corrected chi connectivity index (χ1v) is 10.4. The van der Waals surface area contributed by atoms with Crippen LogP contribution in [0.5, 0.6) is 0 Å². The van der Waals surface area contributed by atoms with Gasteiger partial charge in [-0.25, -0.2) is 4.98 Å². The lowest BCUT2D eigenvalue weighted by Crippen LogP contribution is -2.34. The molecule has 2 aliphatic heterocycles. The van der Waals surface area contributed by atoms with Crippen molar-refractivity contribution >= 4 is 11.8 Å². The van der Waals surface area contributed by atoms with Gasteiger partial charge in [0.25, 0.3) is 0 Å². The van der Waals surface area contributed by atoms with Crippen LogP contribution in [0.4, 0.5) is 11.8 Å². The van der Waals surface area contributed by atoms with Crippen LogP contribution in [0.15, 0.2) is 60.7 Å². The predicted octanol–water partition coefficient (Wildman–Crippen LogP) is 4.70. The molecule has 3 aromatic rings. The molecule has 0 saturated carbocycles. The third-order valence-electron chi connectivity index (χ3n) is 5.86. The average Bonchev–Trinajstić information content (AvgIpc) is 2.79. The SMILES string of the molecule is c1ccc(-c2cc(N3CCc4ccccc4C3)nc(N3CCCCC3)n2)cc1. The molecule has 0 amide bonds. The summed E-state index contributed by atoms with van der Waals surface area (Å²) in [4.78, 5) is 14.7. The second kappa shape index (κ2) is 7.63. The van der Waals surface area contributed by atoms with Gasteiger partial charge >= 0.3 is 0 Å². The van der Waals surface area contributed by atoms with Gasteiger partial charge in [0.1, 0.15) is 5.82 Å². The van der Waals surface area contributed by atoms with Crippen molar-refractivity contribution in [1.82, 2.24) is 9.97 Å². The Balaban J connectivity index is 1.53. The van der Waals surface area contributed by atoms with Gasteiger partial charge in [0.15, 0.2) is 0 Å². The zero-order valence-corrected chi connectivity index (χ0v) is 16.2. The van der Waals surface area contributed by atoms with Crippen LogP contribution in [0.25, 0.3) is 11.3 Å². The molecule has 0 spiro atoms. The quantitative estimate of drug-likeness (QED) is 0.669. The highest BCUT2D eigenvalue weighted by Crippen LogP contribution is 2.29. The van der Waals surface area contributed by atoms with E-state index in [2.05, 4.69) is 70.5 Å². The van der Waals surface area contributed by atoms with Gasteiger partial charge in [-0.3, -0.25) is 0 Å². The Bertz CT molecular complexity index is 948. The summed E-state index contributed by atoms with van der Waals surface area (Å²) < 4.78 is 0. The molecule has 0 unspecified atom stereocenters. The Hall–Kier alpha value is -2.88. The normalized spacial score (nSPS) is 16.7. The summed E-state index contributed by atoms with van der Waals surface area (Å²) in [5.41, 5.74) is 5.05. The van der Waals surface area contributed by atoms with Crippen molar-refractivity contribution in [2.45, 2.75) is 32.2 Å². The maximum absolute atomic E-state index is 5.02. The highest BCUT2D eigenvalue weighted by Gasteiger charge is 2.21. The van der Waals surface area contributed by atoms with E-state index in [0.717, 1.165) is 55.6 Å². The maximum Gasteiger partial charge on any atom is 0.227 e. The lowest BCUT2D eigenvalue weighted by atomic mass is 10.00. The van der Waals surface area contributed by atoms with Gasteiger partial charge in [0.05, 0.1) is 5.69 Å².